The second-order valence-electron chi connectivity index (χ2n) is 3.50. The first-order chi connectivity index (χ1) is 9.01. The van der Waals surface area contributed by atoms with Crippen LogP contribution < -0.4 is 10.5 Å². The van der Waals surface area contributed by atoms with Gasteiger partial charge in [-0.1, -0.05) is 0 Å². The minimum Gasteiger partial charge on any atom is -0.433 e. The van der Waals surface area contributed by atoms with E-state index in [1.807, 2.05) is 0 Å². The van der Waals surface area contributed by atoms with E-state index in [4.69, 9.17) is 15.7 Å². The first-order valence-electron chi connectivity index (χ1n) is 5.00. The van der Waals surface area contributed by atoms with Crippen LogP contribution in [-0.4, -0.2) is 4.98 Å². The van der Waals surface area contributed by atoms with Crippen LogP contribution in [0.5, 0.6) is 11.6 Å². The van der Waals surface area contributed by atoms with Crippen molar-refractivity contribution in [2.24, 2.45) is 0 Å². The maximum Gasteiger partial charge on any atom is 0.258 e. The molecule has 7 heteroatoms. The topological polar surface area (TPSA) is 71.9 Å². The standard InChI is InChI=1S/C12H6F3N3O/c13-7-3-6(5-16)1-2-10(7)19-12-9(15)4-8(14)11(17)18-12/h1-4H,(H2,17,18). The van der Waals surface area contributed by atoms with E-state index in [9.17, 15) is 13.2 Å². The maximum atomic E-state index is 13.5. The minimum atomic E-state index is -1.12. The first kappa shape index (κ1) is 12.7. The number of nitrogens with zero attached hydrogens (tertiary/aromatic N) is 2. The van der Waals surface area contributed by atoms with Crippen LogP contribution in [0.2, 0.25) is 0 Å². The lowest BCUT2D eigenvalue weighted by Crippen LogP contribution is -2.01. The fourth-order valence-corrected chi connectivity index (χ4v) is 1.29. The molecule has 0 saturated carbocycles. The Morgan fingerprint density at radius 1 is 1.11 bits per heavy atom. The number of hydrogen-bond donors (Lipinski definition) is 1. The molecule has 2 rings (SSSR count). The second kappa shape index (κ2) is 4.86. The lowest BCUT2D eigenvalue weighted by molar-refractivity contribution is 0.395. The largest absolute Gasteiger partial charge is 0.433 e. The fourth-order valence-electron chi connectivity index (χ4n) is 1.29. The molecule has 0 fully saturated rings. The van der Waals surface area contributed by atoms with Gasteiger partial charge in [-0.3, -0.25) is 0 Å². The Morgan fingerprint density at radius 2 is 1.84 bits per heavy atom. The predicted octanol–water partition coefficient (Wildman–Crippen LogP) is 2.75. The van der Waals surface area contributed by atoms with Gasteiger partial charge in [0.25, 0.3) is 5.88 Å². The molecule has 0 amide bonds. The van der Waals surface area contributed by atoms with Crippen molar-refractivity contribution < 1.29 is 17.9 Å². The smallest absolute Gasteiger partial charge is 0.258 e. The zero-order chi connectivity index (χ0) is 14.0. The van der Waals surface area contributed by atoms with Gasteiger partial charge in [0.1, 0.15) is 0 Å². The summed E-state index contributed by atoms with van der Waals surface area (Å²) in [4.78, 5) is 3.33. The van der Waals surface area contributed by atoms with E-state index in [-0.39, 0.29) is 11.3 Å². The Bertz CT molecular complexity index is 683. The lowest BCUT2D eigenvalue weighted by atomic mass is 10.2. The average molecular weight is 265 g/mol. The second-order valence-corrected chi connectivity index (χ2v) is 3.50. The van der Waals surface area contributed by atoms with Gasteiger partial charge in [-0.25, -0.2) is 13.2 Å². The van der Waals surface area contributed by atoms with E-state index in [1.54, 1.807) is 6.07 Å². The molecule has 0 unspecified atom stereocenters. The Labute approximate surface area is 105 Å². The number of aromatic nitrogens is 1. The molecular formula is C12H6F3N3O. The number of ether oxygens (including phenoxy) is 1. The van der Waals surface area contributed by atoms with Crippen LogP contribution in [0.3, 0.4) is 0 Å². The van der Waals surface area contributed by atoms with Crippen molar-refractivity contribution in [3.63, 3.8) is 0 Å². The Balaban J connectivity index is 2.37. The number of pyridine rings is 1. The van der Waals surface area contributed by atoms with Crippen molar-refractivity contribution >= 4 is 5.82 Å². The van der Waals surface area contributed by atoms with Gasteiger partial charge < -0.3 is 10.5 Å². The summed E-state index contributed by atoms with van der Waals surface area (Å²) in [6.45, 7) is 0. The van der Waals surface area contributed by atoms with Gasteiger partial charge in [-0.15, -0.1) is 0 Å². The van der Waals surface area contributed by atoms with Crippen LogP contribution in [0.15, 0.2) is 24.3 Å². The molecule has 0 atom stereocenters. The van der Waals surface area contributed by atoms with Gasteiger partial charge in [0, 0.05) is 6.07 Å². The Morgan fingerprint density at radius 3 is 2.47 bits per heavy atom. The van der Waals surface area contributed by atoms with Crippen molar-refractivity contribution in [1.29, 1.82) is 5.26 Å². The number of halogens is 3. The number of nitrogens with two attached hydrogens (primary N) is 1. The molecule has 0 aliphatic carbocycles. The SMILES string of the molecule is N#Cc1ccc(Oc2nc(N)c(F)cc2F)c(F)c1. The van der Waals surface area contributed by atoms with Gasteiger partial charge in [0.05, 0.1) is 11.6 Å². The average Bonchev–Trinajstić information content (AvgIpc) is 2.38. The zero-order valence-corrected chi connectivity index (χ0v) is 9.32. The van der Waals surface area contributed by atoms with Crippen molar-refractivity contribution in [3.8, 4) is 17.7 Å². The highest BCUT2D eigenvalue weighted by Crippen LogP contribution is 2.27. The quantitative estimate of drug-likeness (QED) is 0.906. The zero-order valence-electron chi connectivity index (χ0n) is 9.32. The highest BCUT2D eigenvalue weighted by Gasteiger charge is 2.14. The van der Waals surface area contributed by atoms with Gasteiger partial charge in [0.15, 0.2) is 29.0 Å². The number of hydrogen-bond acceptors (Lipinski definition) is 4. The number of anilines is 1. The van der Waals surface area contributed by atoms with Crippen LogP contribution in [0.1, 0.15) is 5.56 Å². The van der Waals surface area contributed by atoms with Crippen molar-refractivity contribution in [3.05, 3.63) is 47.3 Å². The molecule has 2 aromatic rings. The van der Waals surface area contributed by atoms with Crippen LogP contribution in [-0.2, 0) is 0 Å². The highest BCUT2D eigenvalue weighted by atomic mass is 19.1. The molecule has 0 bridgehead atoms. The van der Waals surface area contributed by atoms with Crippen LogP contribution in [0.4, 0.5) is 19.0 Å². The molecule has 19 heavy (non-hydrogen) atoms. The number of nitrogen functional groups attached to an aromatic ring is 1. The molecule has 4 nitrogen and oxygen atoms in total. The first-order valence-corrected chi connectivity index (χ1v) is 5.00. The normalized spacial score (nSPS) is 10.0. The van der Waals surface area contributed by atoms with Crippen LogP contribution >= 0.6 is 0 Å². The highest BCUT2D eigenvalue weighted by molar-refractivity contribution is 5.40. The molecule has 0 saturated heterocycles. The van der Waals surface area contributed by atoms with E-state index in [0.717, 1.165) is 12.1 Å². The van der Waals surface area contributed by atoms with Gasteiger partial charge in [-0.2, -0.15) is 10.2 Å². The maximum absolute atomic E-state index is 13.5. The third kappa shape index (κ3) is 2.57. The third-order valence-electron chi connectivity index (χ3n) is 2.19. The molecule has 1 aromatic heterocycles. The summed E-state index contributed by atoms with van der Waals surface area (Å²) in [5, 5.41) is 8.57. The fraction of sp³-hybridized carbons (Fsp3) is 0. The summed E-state index contributed by atoms with van der Waals surface area (Å²) >= 11 is 0. The number of nitriles is 1. The molecule has 0 aliphatic rings. The molecule has 1 heterocycles. The van der Waals surface area contributed by atoms with E-state index in [2.05, 4.69) is 4.98 Å². The molecule has 0 aliphatic heterocycles. The molecule has 0 radical (unpaired) electrons. The van der Waals surface area contributed by atoms with Gasteiger partial charge >= 0.3 is 0 Å². The van der Waals surface area contributed by atoms with Crippen LogP contribution in [0, 0.1) is 28.8 Å². The number of benzene rings is 1. The van der Waals surface area contributed by atoms with E-state index >= 15 is 0 Å². The minimum absolute atomic E-state index is 0.0805. The molecule has 2 N–H and O–H groups in total. The molecular weight excluding hydrogens is 259 g/mol. The predicted molar refractivity (Wildman–Crippen MR) is 59.8 cm³/mol. The summed E-state index contributed by atoms with van der Waals surface area (Å²) in [5.41, 5.74) is 5.24. The van der Waals surface area contributed by atoms with Crippen molar-refractivity contribution in [2.45, 2.75) is 0 Å². The third-order valence-corrected chi connectivity index (χ3v) is 2.19. The molecule has 1 aromatic carbocycles. The lowest BCUT2D eigenvalue weighted by Gasteiger charge is -2.07. The Hall–Kier alpha value is -2.75. The van der Waals surface area contributed by atoms with Gasteiger partial charge in [-0.05, 0) is 18.2 Å². The molecule has 96 valence electrons. The number of rotatable bonds is 2. The van der Waals surface area contributed by atoms with Crippen molar-refractivity contribution in [1.82, 2.24) is 4.98 Å². The summed E-state index contributed by atoms with van der Waals surface area (Å²) in [7, 11) is 0. The monoisotopic (exact) mass is 265 g/mol. The Kier molecular flexibility index (Phi) is 3.25. The van der Waals surface area contributed by atoms with E-state index < -0.39 is 29.1 Å². The van der Waals surface area contributed by atoms with Crippen molar-refractivity contribution in [2.75, 3.05) is 5.73 Å². The van der Waals surface area contributed by atoms with Gasteiger partial charge in [0.2, 0.25) is 0 Å². The summed E-state index contributed by atoms with van der Waals surface area (Å²) in [5.74, 6) is -4.59. The van der Waals surface area contributed by atoms with E-state index in [1.165, 1.54) is 6.07 Å². The van der Waals surface area contributed by atoms with Crippen LogP contribution in [0.25, 0.3) is 0 Å². The summed E-state index contributed by atoms with van der Waals surface area (Å²) in [6.07, 6.45) is 0. The molecule has 0 spiro atoms. The van der Waals surface area contributed by atoms with E-state index in [0.29, 0.717) is 6.07 Å². The summed E-state index contributed by atoms with van der Waals surface area (Å²) < 4.78 is 44.6. The summed E-state index contributed by atoms with van der Waals surface area (Å²) in [6, 6.07) is 5.55.